The van der Waals surface area contributed by atoms with Gasteiger partial charge in [-0.1, -0.05) is 17.7 Å². The molecule has 2 rings (SSSR count). The van der Waals surface area contributed by atoms with Crippen molar-refractivity contribution in [3.63, 3.8) is 0 Å². The second kappa shape index (κ2) is 6.48. The highest BCUT2D eigenvalue weighted by atomic mass is 35.5. The molecule has 5 heteroatoms. The predicted octanol–water partition coefficient (Wildman–Crippen LogP) is 4.11. The fraction of sp³-hybridized carbons (Fsp3) is 0.200. The van der Waals surface area contributed by atoms with Gasteiger partial charge in [0.2, 0.25) is 0 Å². The highest BCUT2D eigenvalue weighted by molar-refractivity contribution is 6.32. The fourth-order valence-electron chi connectivity index (χ4n) is 1.80. The highest BCUT2D eigenvalue weighted by Crippen LogP contribution is 2.26. The molecule has 2 aromatic rings. The predicted molar refractivity (Wildman–Crippen MR) is 78.3 cm³/mol. The molecule has 0 aliphatic carbocycles. The normalized spacial score (nSPS) is 10.2. The molecule has 0 unspecified atom stereocenters. The Kier molecular flexibility index (Phi) is 4.69. The average Bonchev–Trinajstić information content (AvgIpc) is 2.45. The molecule has 1 N–H and O–H groups in total. The van der Waals surface area contributed by atoms with E-state index in [1.54, 1.807) is 25.3 Å². The number of benzene rings is 2. The standard InChI is InChI=1S/C15H15ClFNO2/c1-19-14-5-3-10(7-12(14)16)9-18-11-4-6-15(20-2)13(17)8-11/h3-8,18H,9H2,1-2H3. The summed E-state index contributed by atoms with van der Waals surface area (Å²) in [5.74, 6) is 0.458. The fourth-order valence-corrected chi connectivity index (χ4v) is 2.08. The number of nitrogens with one attached hydrogen (secondary N) is 1. The summed E-state index contributed by atoms with van der Waals surface area (Å²) < 4.78 is 23.5. The van der Waals surface area contributed by atoms with Gasteiger partial charge in [-0.3, -0.25) is 0 Å². The summed E-state index contributed by atoms with van der Waals surface area (Å²) in [6.45, 7) is 0.537. The van der Waals surface area contributed by atoms with Crippen LogP contribution in [-0.4, -0.2) is 14.2 Å². The topological polar surface area (TPSA) is 30.5 Å². The Bertz CT molecular complexity index is 551. The van der Waals surface area contributed by atoms with E-state index in [2.05, 4.69) is 5.32 Å². The van der Waals surface area contributed by atoms with Crippen molar-refractivity contribution < 1.29 is 13.9 Å². The van der Waals surface area contributed by atoms with E-state index in [-0.39, 0.29) is 5.75 Å². The van der Waals surface area contributed by atoms with Crippen LogP contribution in [-0.2, 0) is 6.54 Å². The van der Waals surface area contributed by atoms with Crippen LogP contribution < -0.4 is 14.8 Å². The Morgan fingerprint density at radius 1 is 1.05 bits per heavy atom. The van der Waals surface area contributed by atoms with E-state index in [0.29, 0.717) is 23.0 Å². The van der Waals surface area contributed by atoms with Crippen LogP contribution >= 0.6 is 11.6 Å². The SMILES string of the molecule is COc1ccc(NCc2ccc(OC)c(Cl)c2)cc1F. The minimum Gasteiger partial charge on any atom is -0.495 e. The molecule has 0 aliphatic rings. The van der Waals surface area contributed by atoms with Gasteiger partial charge in [-0.05, 0) is 29.8 Å². The molecule has 0 bridgehead atoms. The van der Waals surface area contributed by atoms with Crippen LogP contribution in [0.1, 0.15) is 5.56 Å². The van der Waals surface area contributed by atoms with E-state index in [0.717, 1.165) is 5.56 Å². The molecule has 20 heavy (non-hydrogen) atoms. The number of hydrogen-bond donors (Lipinski definition) is 1. The molecule has 0 amide bonds. The van der Waals surface area contributed by atoms with E-state index >= 15 is 0 Å². The van der Waals surface area contributed by atoms with Gasteiger partial charge in [-0.2, -0.15) is 0 Å². The van der Waals surface area contributed by atoms with Crippen LogP contribution in [0.25, 0.3) is 0 Å². The summed E-state index contributed by atoms with van der Waals surface area (Å²) in [5.41, 5.74) is 1.65. The first-order valence-electron chi connectivity index (χ1n) is 6.04. The van der Waals surface area contributed by atoms with E-state index < -0.39 is 5.82 Å². The van der Waals surface area contributed by atoms with E-state index in [4.69, 9.17) is 21.1 Å². The van der Waals surface area contributed by atoms with Crippen LogP contribution in [0.4, 0.5) is 10.1 Å². The zero-order chi connectivity index (χ0) is 14.5. The lowest BCUT2D eigenvalue weighted by Gasteiger charge is -2.10. The molecule has 0 fully saturated rings. The van der Waals surface area contributed by atoms with E-state index in [1.165, 1.54) is 13.2 Å². The summed E-state index contributed by atoms with van der Waals surface area (Å²) in [4.78, 5) is 0. The quantitative estimate of drug-likeness (QED) is 0.900. The minimum absolute atomic E-state index is 0.225. The zero-order valence-corrected chi connectivity index (χ0v) is 12.0. The van der Waals surface area contributed by atoms with Gasteiger partial charge in [0.15, 0.2) is 11.6 Å². The second-order valence-corrected chi connectivity index (χ2v) is 4.58. The van der Waals surface area contributed by atoms with Gasteiger partial charge < -0.3 is 14.8 Å². The van der Waals surface area contributed by atoms with Gasteiger partial charge in [0, 0.05) is 18.3 Å². The highest BCUT2D eigenvalue weighted by Gasteiger charge is 2.04. The van der Waals surface area contributed by atoms with Crippen LogP contribution in [0.15, 0.2) is 36.4 Å². The number of methoxy groups -OCH3 is 2. The zero-order valence-electron chi connectivity index (χ0n) is 11.2. The molecule has 0 atom stereocenters. The number of halogens is 2. The smallest absolute Gasteiger partial charge is 0.167 e. The maximum atomic E-state index is 13.5. The molecule has 2 aromatic carbocycles. The van der Waals surface area contributed by atoms with E-state index in [9.17, 15) is 4.39 Å². The monoisotopic (exact) mass is 295 g/mol. The molecular weight excluding hydrogens is 281 g/mol. The van der Waals surface area contributed by atoms with Crippen molar-refractivity contribution in [2.75, 3.05) is 19.5 Å². The van der Waals surface area contributed by atoms with Crippen LogP contribution in [0.3, 0.4) is 0 Å². The van der Waals surface area contributed by atoms with Crippen molar-refractivity contribution in [2.45, 2.75) is 6.54 Å². The average molecular weight is 296 g/mol. The summed E-state index contributed by atoms with van der Waals surface area (Å²) >= 11 is 6.05. The van der Waals surface area contributed by atoms with Gasteiger partial charge in [0.05, 0.1) is 19.2 Å². The van der Waals surface area contributed by atoms with Crippen molar-refractivity contribution in [3.8, 4) is 11.5 Å². The Hall–Kier alpha value is -1.94. The first kappa shape index (κ1) is 14.5. The molecule has 0 saturated heterocycles. The molecule has 0 heterocycles. The minimum atomic E-state index is -0.398. The van der Waals surface area contributed by atoms with Crippen molar-refractivity contribution in [1.82, 2.24) is 0 Å². The van der Waals surface area contributed by atoms with Gasteiger partial charge in [-0.25, -0.2) is 4.39 Å². The van der Waals surface area contributed by atoms with Crippen molar-refractivity contribution >= 4 is 17.3 Å². The molecule has 106 valence electrons. The Balaban J connectivity index is 2.05. The molecule has 3 nitrogen and oxygen atoms in total. The summed E-state index contributed by atoms with van der Waals surface area (Å²) in [5, 5.41) is 3.67. The van der Waals surface area contributed by atoms with Gasteiger partial charge in [-0.15, -0.1) is 0 Å². The molecule has 0 aliphatic heterocycles. The number of anilines is 1. The van der Waals surface area contributed by atoms with E-state index in [1.807, 2.05) is 12.1 Å². The van der Waals surface area contributed by atoms with Gasteiger partial charge in [0.1, 0.15) is 5.75 Å². The van der Waals surface area contributed by atoms with Crippen molar-refractivity contribution in [3.05, 3.63) is 52.8 Å². The lowest BCUT2D eigenvalue weighted by molar-refractivity contribution is 0.386. The molecule has 0 saturated carbocycles. The third-order valence-electron chi connectivity index (χ3n) is 2.86. The molecule has 0 spiro atoms. The van der Waals surface area contributed by atoms with Gasteiger partial charge in [0.25, 0.3) is 0 Å². The van der Waals surface area contributed by atoms with Crippen molar-refractivity contribution in [2.24, 2.45) is 0 Å². The number of ether oxygens (including phenoxy) is 2. The lowest BCUT2D eigenvalue weighted by Crippen LogP contribution is -2.00. The first-order valence-corrected chi connectivity index (χ1v) is 6.41. The molecule has 0 aromatic heterocycles. The summed E-state index contributed by atoms with van der Waals surface area (Å²) in [6, 6.07) is 10.2. The van der Waals surface area contributed by atoms with Crippen LogP contribution in [0.2, 0.25) is 5.02 Å². The number of hydrogen-bond acceptors (Lipinski definition) is 3. The largest absolute Gasteiger partial charge is 0.495 e. The molecular formula is C15H15ClFNO2. The van der Waals surface area contributed by atoms with Gasteiger partial charge >= 0.3 is 0 Å². The second-order valence-electron chi connectivity index (χ2n) is 4.17. The maximum Gasteiger partial charge on any atom is 0.167 e. The number of rotatable bonds is 5. The van der Waals surface area contributed by atoms with Crippen LogP contribution in [0.5, 0.6) is 11.5 Å². The Morgan fingerprint density at radius 3 is 2.35 bits per heavy atom. The Morgan fingerprint density at radius 2 is 1.75 bits per heavy atom. The molecule has 0 radical (unpaired) electrons. The van der Waals surface area contributed by atoms with Crippen molar-refractivity contribution in [1.29, 1.82) is 0 Å². The third-order valence-corrected chi connectivity index (χ3v) is 3.16. The maximum absolute atomic E-state index is 13.5. The third kappa shape index (κ3) is 3.33. The first-order chi connectivity index (χ1) is 9.63. The summed E-state index contributed by atoms with van der Waals surface area (Å²) in [7, 11) is 3.00. The van der Waals surface area contributed by atoms with Crippen LogP contribution in [0, 0.1) is 5.82 Å². The summed E-state index contributed by atoms with van der Waals surface area (Å²) in [6.07, 6.45) is 0. The lowest BCUT2D eigenvalue weighted by atomic mass is 10.2. The Labute approximate surface area is 122 Å².